The van der Waals surface area contributed by atoms with E-state index in [1.165, 1.54) is 0 Å². The molecular weight excluding hydrogens is 277 g/mol. The third-order valence-corrected chi connectivity index (χ3v) is 4.40. The molecule has 0 radical (unpaired) electrons. The van der Waals surface area contributed by atoms with Crippen LogP contribution in [0.25, 0.3) is 6.08 Å². The molecular formula is C17H22BNO3. The van der Waals surface area contributed by atoms with Crippen LogP contribution in [0.1, 0.15) is 38.8 Å². The van der Waals surface area contributed by atoms with E-state index in [9.17, 15) is 5.11 Å². The molecule has 1 fully saturated rings. The second-order valence-electron chi connectivity index (χ2n) is 6.50. The molecule has 2 rings (SSSR count). The highest BCUT2D eigenvalue weighted by molar-refractivity contribution is 6.55. The molecule has 0 spiro atoms. The van der Waals surface area contributed by atoms with Crippen molar-refractivity contribution in [2.24, 2.45) is 0 Å². The number of hydrogen-bond acceptors (Lipinski definition) is 4. The van der Waals surface area contributed by atoms with E-state index < -0.39 is 18.3 Å². The molecule has 1 aromatic carbocycles. The number of aliphatic hydroxyl groups is 1. The summed E-state index contributed by atoms with van der Waals surface area (Å²) in [5, 5.41) is 18.6. The van der Waals surface area contributed by atoms with Crippen molar-refractivity contribution in [2.45, 2.75) is 45.3 Å². The summed E-state index contributed by atoms with van der Waals surface area (Å²) in [7, 11) is -0.579. The van der Waals surface area contributed by atoms with Gasteiger partial charge in [-0.3, -0.25) is 0 Å². The lowest BCUT2D eigenvalue weighted by Gasteiger charge is -2.32. The summed E-state index contributed by atoms with van der Waals surface area (Å²) in [6.45, 7) is 7.76. The van der Waals surface area contributed by atoms with Crippen LogP contribution in [0.2, 0.25) is 0 Å². The minimum absolute atomic E-state index is 0.155. The lowest BCUT2D eigenvalue weighted by atomic mass is 9.77. The van der Waals surface area contributed by atoms with Crippen molar-refractivity contribution in [1.29, 1.82) is 5.26 Å². The van der Waals surface area contributed by atoms with Crippen LogP contribution >= 0.6 is 0 Å². The molecule has 5 heteroatoms. The maximum absolute atomic E-state index is 9.72. The molecule has 1 aromatic rings. The van der Waals surface area contributed by atoms with Crippen molar-refractivity contribution in [3.63, 3.8) is 0 Å². The lowest BCUT2D eigenvalue weighted by Crippen LogP contribution is -2.41. The fourth-order valence-electron chi connectivity index (χ4n) is 2.30. The normalized spacial score (nSPS) is 20.0. The zero-order chi connectivity index (χ0) is 16.4. The molecule has 0 aromatic heterocycles. The zero-order valence-corrected chi connectivity index (χ0v) is 13.6. The quantitative estimate of drug-likeness (QED) is 0.868. The van der Waals surface area contributed by atoms with E-state index in [0.717, 1.165) is 11.1 Å². The number of nitrogens with zero attached hydrogens (tertiary/aromatic N) is 1. The number of aliphatic hydroxyl groups excluding tert-OH is 1. The summed E-state index contributed by atoms with van der Waals surface area (Å²) in [5.74, 6) is 0. The maximum atomic E-state index is 9.72. The Morgan fingerprint density at radius 1 is 1.23 bits per heavy atom. The van der Waals surface area contributed by atoms with Crippen molar-refractivity contribution in [2.75, 3.05) is 6.61 Å². The third kappa shape index (κ3) is 3.25. The van der Waals surface area contributed by atoms with Crippen molar-refractivity contribution in [3.8, 4) is 6.07 Å². The average molecular weight is 299 g/mol. The largest absolute Gasteiger partial charge is 0.492 e. The Hall–Kier alpha value is -1.61. The van der Waals surface area contributed by atoms with Gasteiger partial charge in [0.1, 0.15) is 0 Å². The molecule has 0 atom stereocenters. The standard InChI is InChI=1S/C17H22BNO3/c1-16(2)17(3,4)22-18(21-16)15(12-20)11-14-8-6-5-7-13(14)9-10-19/h5-8,11,20H,9,12H2,1-4H3. The van der Waals surface area contributed by atoms with Crippen LogP contribution in [0.5, 0.6) is 0 Å². The van der Waals surface area contributed by atoms with Gasteiger partial charge in [-0.15, -0.1) is 0 Å². The first-order valence-corrected chi connectivity index (χ1v) is 7.42. The van der Waals surface area contributed by atoms with Crippen LogP contribution in [-0.2, 0) is 15.7 Å². The second-order valence-corrected chi connectivity index (χ2v) is 6.50. The van der Waals surface area contributed by atoms with E-state index in [1.54, 1.807) is 0 Å². The van der Waals surface area contributed by atoms with Crippen LogP contribution in [0, 0.1) is 11.3 Å². The zero-order valence-electron chi connectivity index (χ0n) is 13.6. The number of nitriles is 1. The van der Waals surface area contributed by atoms with Gasteiger partial charge in [-0.1, -0.05) is 30.3 Å². The van der Waals surface area contributed by atoms with E-state index in [1.807, 2.05) is 58.0 Å². The summed E-state index contributed by atoms with van der Waals surface area (Å²) in [6.07, 6.45) is 2.18. The Kier molecular flexibility index (Phi) is 4.76. The van der Waals surface area contributed by atoms with Gasteiger partial charge in [0.2, 0.25) is 0 Å². The topological polar surface area (TPSA) is 62.5 Å². The molecule has 0 saturated carbocycles. The van der Waals surface area contributed by atoms with Gasteiger partial charge in [-0.2, -0.15) is 5.26 Å². The van der Waals surface area contributed by atoms with Gasteiger partial charge >= 0.3 is 7.12 Å². The Labute approximate surface area is 132 Å². The van der Waals surface area contributed by atoms with Crippen molar-refractivity contribution < 1.29 is 14.4 Å². The molecule has 0 amide bonds. The molecule has 4 nitrogen and oxygen atoms in total. The van der Waals surface area contributed by atoms with E-state index in [2.05, 4.69) is 6.07 Å². The van der Waals surface area contributed by atoms with Crippen molar-refractivity contribution in [3.05, 3.63) is 40.9 Å². The average Bonchev–Trinajstić information content (AvgIpc) is 2.66. The van der Waals surface area contributed by atoms with E-state index in [0.29, 0.717) is 11.9 Å². The smallest absolute Gasteiger partial charge is 0.400 e. The number of benzene rings is 1. The predicted molar refractivity (Wildman–Crippen MR) is 86.9 cm³/mol. The fraction of sp³-hybridized carbons (Fsp3) is 0.471. The van der Waals surface area contributed by atoms with E-state index >= 15 is 0 Å². The molecule has 22 heavy (non-hydrogen) atoms. The third-order valence-electron chi connectivity index (χ3n) is 4.40. The summed E-state index contributed by atoms with van der Waals surface area (Å²) in [6, 6.07) is 9.80. The number of rotatable bonds is 4. The summed E-state index contributed by atoms with van der Waals surface area (Å²) >= 11 is 0. The van der Waals surface area contributed by atoms with Crippen molar-refractivity contribution in [1.82, 2.24) is 0 Å². The Balaban J connectivity index is 2.32. The lowest BCUT2D eigenvalue weighted by molar-refractivity contribution is 0.00578. The van der Waals surface area contributed by atoms with Gasteiger partial charge in [0.05, 0.1) is 30.3 Å². The van der Waals surface area contributed by atoms with Gasteiger partial charge < -0.3 is 14.4 Å². The molecule has 1 N–H and O–H groups in total. The van der Waals surface area contributed by atoms with Gasteiger partial charge in [0.25, 0.3) is 0 Å². The molecule has 0 unspecified atom stereocenters. The predicted octanol–water partition coefficient (Wildman–Crippen LogP) is 2.76. The Morgan fingerprint density at radius 3 is 2.36 bits per heavy atom. The highest BCUT2D eigenvalue weighted by Crippen LogP contribution is 2.38. The highest BCUT2D eigenvalue weighted by atomic mass is 16.7. The molecule has 116 valence electrons. The first kappa shape index (κ1) is 16.8. The molecule has 0 aliphatic carbocycles. The highest BCUT2D eigenvalue weighted by Gasteiger charge is 2.52. The van der Waals surface area contributed by atoms with Crippen LogP contribution < -0.4 is 0 Å². The second kappa shape index (κ2) is 6.25. The molecule has 1 heterocycles. The minimum atomic E-state index is -0.579. The monoisotopic (exact) mass is 299 g/mol. The van der Waals surface area contributed by atoms with Crippen LogP contribution in [0.4, 0.5) is 0 Å². The Morgan fingerprint density at radius 2 is 1.82 bits per heavy atom. The molecule has 1 aliphatic heterocycles. The van der Waals surface area contributed by atoms with Crippen molar-refractivity contribution >= 4 is 13.2 Å². The minimum Gasteiger partial charge on any atom is -0.400 e. The molecule has 0 bridgehead atoms. The van der Waals surface area contributed by atoms with Gasteiger partial charge in [0.15, 0.2) is 0 Å². The van der Waals surface area contributed by atoms with Gasteiger partial charge in [0, 0.05) is 0 Å². The number of hydrogen-bond donors (Lipinski definition) is 1. The van der Waals surface area contributed by atoms with Gasteiger partial charge in [-0.05, 0) is 44.3 Å². The van der Waals surface area contributed by atoms with Crippen LogP contribution in [0.3, 0.4) is 0 Å². The van der Waals surface area contributed by atoms with Crippen LogP contribution in [0.15, 0.2) is 29.7 Å². The van der Waals surface area contributed by atoms with Crippen LogP contribution in [-0.4, -0.2) is 30.0 Å². The molecule has 1 saturated heterocycles. The van der Waals surface area contributed by atoms with Gasteiger partial charge in [-0.25, -0.2) is 0 Å². The van der Waals surface area contributed by atoms with E-state index in [-0.39, 0.29) is 6.61 Å². The first-order chi connectivity index (χ1) is 10.3. The molecule has 1 aliphatic rings. The van der Waals surface area contributed by atoms with E-state index in [4.69, 9.17) is 14.6 Å². The Bertz CT molecular complexity index is 601. The fourth-order valence-corrected chi connectivity index (χ4v) is 2.30. The summed E-state index contributed by atoms with van der Waals surface area (Å²) in [4.78, 5) is 0. The first-order valence-electron chi connectivity index (χ1n) is 7.42. The maximum Gasteiger partial charge on any atom is 0.492 e. The summed E-state index contributed by atoms with van der Waals surface area (Å²) < 4.78 is 11.9. The summed E-state index contributed by atoms with van der Waals surface area (Å²) in [5.41, 5.74) is 1.59. The SMILES string of the molecule is CC1(C)OB(C(=Cc2ccccc2CC#N)CO)OC1(C)C.